The zero-order valence-corrected chi connectivity index (χ0v) is 12.0. The van der Waals surface area contributed by atoms with Gasteiger partial charge in [-0.3, -0.25) is 14.5 Å². The summed E-state index contributed by atoms with van der Waals surface area (Å²) in [6.45, 7) is 0. The van der Waals surface area contributed by atoms with Crippen LogP contribution >= 0.6 is 0 Å². The highest BCUT2D eigenvalue weighted by atomic mass is 16.4. The number of hydrogen-bond acceptors (Lipinski definition) is 5. The molecule has 3 fully saturated rings. The maximum Gasteiger partial charge on any atom is 0.335 e. The molecule has 3 aliphatic rings. The van der Waals surface area contributed by atoms with E-state index in [0.717, 1.165) is 4.90 Å². The van der Waals surface area contributed by atoms with Crippen molar-refractivity contribution in [3.05, 3.63) is 29.8 Å². The van der Waals surface area contributed by atoms with Crippen LogP contribution in [0.1, 0.15) is 16.8 Å². The molecule has 1 saturated heterocycles. The Kier molecular flexibility index (Phi) is 2.88. The lowest BCUT2D eigenvalue weighted by molar-refractivity contribution is -0.129. The number of carboxylic acids is 1. The number of aliphatic hydroxyl groups is 2. The van der Waals surface area contributed by atoms with E-state index in [1.165, 1.54) is 24.3 Å². The summed E-state index contributed by atoms with van der Waals surface area (Å²) in [6, 6.07) is 5.66. The van der Waals surface area contributed by atoms with Crippen LogP contribution in [0.3, 0.4) is 0 Å². The highest BCUT2D eigenvalue weighted by molar-refractivity contribution is 6.22. The Balaban J connectivity index is 1.73. The van der Waals surface area contributed by atoms with E-state index in [9.17, 15) is 24.6 Å². The fourth-order valence-corrected chi connectivity index (χ4v) is 4.46. The molecule has 6 atom stereocenters. The van der Waals surface area contributed by atoms with Crippen LogP contribution in [-0.4, -0.2) is 45.3 Å². The first-order valence-corrected chi connectivity index (χ1v) is 7.49. The van der Waals surface area contributed by atoms with Gasteiger partial charge in [-0.25, -0.2) is 4.79 Å². The van der Waals surface area contributed by atoms with Crippen LogP contribution in [0, 0.1) is 23.7 Å². The number of imide groups is 1. The molecule has 1 aromatic rings. The molecular weight excluding hydrogens is 302 g/mol. The highest BCUT2D eigenvalue weighted by Gasteiger charge is 2.67. The zero-order valence-electron chi connectivity index (χ0n) is 12.0. The minimum Gasteiger partial charge on any atom is -0.478 e. The number of carbonyl (C=O) groups excluding carboxylic acids is 2. The Morgan fingerprint density at radius 3 is 2.13 bits per heavy atom. The molecule has 3 N–H and O–H groups in total. The van der Waals surface area contributed by atoms with Gasteiger partial charge in [-0.15, -0.1) is 0 Å². The minimum absolute atomic E-state index is 0.0109. The standard InChI is InChI=1S/C16H15NO6/c18-12-8-5-9(13(12)19)11-10(8)14(20)17(15(11)21)7-3-1-2-6(4-7)16(22)23/h1-4,8-13,18-19H,5H2,(H,22,23)/t8-,9+,10-,11-,12+,13+/m1/s1. The van der Waals surface area contributed by atoms with Gasteiger partial charge in [-0.2, -0.15) is 0 Å². The van der Waals surface area contributed by atoms with Gasteiger partial charge in [0.2, 0.25) is 11.8 Å². The van der Waals surface area contributed by atoms with Crippen LogP contribution in [0.25, 0.3) is 0 Å². The van der Waals surface area contributed by atoms with Gasteiger partial charge in [0.25, 0.3) is 0 Å². The predicted octanol–water partition coefficient (Wildman–Crippen LogP) is -0.138. The number of benzene rings is 1. The number of carboxylic acid groups (broad SMARTS) is 1. The molecule has 7 heteroatoms. The second-order valence-corrected chi connectivity index (χ2v) is 6.46. The number of carbonyl (C=O) groups is 3. The van der Waals surface area contributed by atoms with Crippen LogP contribution in [0.15, 0.2) is 24.3 Å². The molecule has 23 heavy (non-hydrogen) atoms. The third-order valence-corrected chi connectivity index (χ3v) is 5.44. The summed E-state index contributed by atoms with van der Waals surface area (Å²) in [5, 5.41) is 29.1. The lowest BCUT2D eigenvalue weighted by Gasteiger charge is -2.29. The molecule has 120 valence electrons. The topological polar surface area (TPSA) is 115 Å². The molecular formula is C16H15NO6. The zero-order chi connectivity index (χ0) is 16.5. The Labute approximate surface area is 131 Å². The number of rotatable bonds is 2. The number of hydrogen-bond donors (Lipinski definition) is 3. The Hall–Kier alpha value is -2.25. The first kappa shape index (κ1) is 14.3. The summed E-state index contributed by atoms with van der Waals surface area (Å²) >= 11 is 0. The molecule has 0 aromatic heterocycles. The van der Waals surface area contributed by atoms with Crippen LogP contribution in [0.2, 0.25) is 0 Å². The normalized spacial score (nSPS) is 38.3. The fourth-order valence-electron chi connectivity index (χ4n) is 4.46. The van der Waals surface area contributed by atoms with Crippen LogP contribution < -0.4 is 4.90 Å². The summed E-state index contributed by atoms with van der Waals surface area (Å²) < 4.78 is 0. The molecule has 1 heterocycles. The van der Waals surface area contributed by atoms with Crippen molar-refractivity contribution in [3.63, 3.8) is 0 Å². The fraction of sp³-hybridized carbons (Fsp3) is 0.438. The number of amides is 2. The summed E-state index contributed by atoms with van der Waals surface area (Å²) in [5.74, 6) is -4.05. The summed E-state index contributed by atoms with van der Waals surface area (Å²) in [4.78, 5) is 37.5. The molecule has 2 bridgehead atoms. The average Bonchev–Trinajstić information content (AvgIpc) is 3.12. The van der Waals surface area contributed by atoms with Crippen molar-refractivity contribution in [1.29, 1.82) is 0 Å². The second kappa shape index (κ2) is 4.62. The second-order valence-electron chi connectivity index (χ2n) is 6.46. The van der Waals surface area contributed by atoms with E-state index in [-0.39, 0.29) is 11.3 Å². The average molecular weight is 317 g/mol. The number of fused-ring (bicyclic) bond motifs is 5. The first-order chi connectivity index (χ1) is 10.9. The van der Waals surface area contributed by atoms with Crippen LogP contribution in [0.5, 0.6) is 0 Å². The lowest BCUT2D eigenvalue weighted by atomic mass is 9.78. The van der Waals surface area contributed by atoms with Gasteiger partial charge < -0.3 is 15.3 Å². The SMILES string of the molecule is O=C(O)c1cccc(N2C(=O)[C@@H]3[C@@H]4C[C@@H]([C@H](O)[C@H]4O)[C@H]3C2=O)c1. The molecule has 7 nitrogen and oxygen atoms in total. The van der Waals surface area contributed by atoms with Gasteiger partial charge in [-0.1, -0.05) is 6.07 Å². The quantitative estimate of drug-likeness (QED) is 0.654. The smallest absolute Gasteiger partial charge is 0.335 e. The van der Waals surface area contributed by atoms with E-state index in [1.807, 2.05) is 0 Å². The Morgan fingerprint density at radius 2 is 1.61 bits per heavy atom. The van der Waals surface area contributed by atoms with Crippen molar-refractivity contribution in [3.8, 4) is 0 Å². The van der Waals surface area contributed by atoms with E-state index in [4.69, 9.17) is 5.11 Å². The van der Waals surface area contributed by atoms with Crippen molar-refractivity contribution in [2.45, 2.75) is 18.6 Å². The van der Waals surface area contributed by atoms with Gasteiger partial charge in [0.05, 0.1) is 35.3 Å². The molecule has 2 amide bonds. The molecule has 0 radical (unpaired) electrons. The van der Waals surface area contributed by atoms with Crippen molar-refractivity contribution in [1.82, 2.24) is 0 Å². The summed E-state index contributed by atoms with van der Waals surface area (Å²) in [7, 11) is 0. The van der Waals surface area contributed by atoms with Crippen molar-refractivity contribution in [2.24, 2.45) is 23.7 Å². The van der Waals surface area contributed by atoms with Gasteiger partial charge >= 0.3 is 5.97 Å². The maximum atomic E-state index is 12.7. The lowest BCUT2D eigenvalue weighted by Crippen LogP contribution is -2.43. The third kappa shape index (κ3) is 1.74. The van der Waals surface area contributed by atoms with Gasteiger partial charge in [-0.05, 0) is 24.6 Å². The van der Waals surface area contributed by atoms with E-state index >= 15 is 0 Å². The number of nitrogens with zero attached hydrogens (tertiary/aromatic N) is 1. The predicted molar refractivity (Wildman–Crippen MR) is 76.5 cm³/mol. The van der Waals surface area contributed by atoms with Crippen LogP contribution in [-0.2, 0) is 9.59 Å². The highest BCUT2D eigenvalue weighted by Crippen LogP contribution is 2.56. The minimum atomic E-state index is -1.14. The van der Waals surface area contributed by atoms with Gasteiger partial charge in [0, 0.05) is 11.8 Å². The summed E-state index contributed by atoms with van der Waals surface area (Å²) in [5.41, 5.74) is 0.209. The molecule has 1 aliphatic heterocycles. The molecule has 4 rings (SSSR count). The summed E-state index contributed by atoms with van der Waals surface area (Å²) in [6.07, 6.45) is -1.50. The van der Waals surface area contributed by atoms with E-state index < -0.39 is 53.7 Å². The Bertz CT molecular complexity index is 699. The molecule has 2 saturated carbocycles. The largest absolute Gasteiger partial charge is 0.478 e. The molecule has 0 unspecified atom stereocenters. The monoisotopic (exact) mass is 317 g/mol. The van der Waals surface area contributed by atoms with E-state index in [2.05, 4.69) is 0 Å². The molecule has 0 spiro atoms. The van der Waals surface area contributed by atoms with E-state index in [1.54, 1.807) is 0 Å². The number of aromatic carboxylic acids is 1. The van der Waals surface area contributed by atoms with Crippen molar-refractivity contribution < 1.29 is 29.7 Å². The van der Waals surface area contributed by atoms with Gasteiger partial charge in [0.15, 0.2) is 0 Å². The van der Waals surface area contributed by atoms with Crippen molar-refractivity contribution in [2.75, 3.05) is 4.90 Å². The number of aliphatic hydroxyl groups excluding tert-OH is 2. The maximum absolute atomic E-state index is 12.7. The van der Waals surface area contributed by atoms with E-state index in [0.29, 0.717) is 6.42 Å². The molecule has 2 aliphatic carbocycles. The third-order valence-electron chi connectivity index (χ3n) is 5.44. The Morgan fingerprint density at radius 1 is 1.04 bits per heavy atom. The van der Waals surface area contributed by atoms with Crippen molar-refractivity contribution >= 4 is 23.5 Å². The van der Waals surface area contributed by atoms with Crippen LogP contribution in [0.4, 0.5) is 5.69 Å². The van der Waals surface area contributed by atoms with Gasteiger partial charge in [0.1, 0.15) is 0 Å². The number of anilines is 1. The molecule has 1 aromatic carbocycles. The first-order valence-electron chi connectivity index (χ1n) is 7.49.